The second kappa shape index (κ2) is 6.96. The van der Waals surface area contributed by atoms with Gasteiger partial charge in [-0.1, -0.05) is 87.5 Å². The third-order valence-corrected chi connectivity index (χ3v) is 5.97. The third kappa shape index (κ3) is 4.94. The van der Waals surface area contributed by atoms with Crippen molar-refractivity contribution in [1.29, 1.82) is 0 Å². The van der Waals surface area contributed by atoms with Crippen LogP contribution in [0.3, 0.4) is 0 Å². The van der Waals surface area contributed by atoms with E-state index in [-0.39, 0.29) is 0 Å². The van der Waals surface area contributed by atoms with Crippen LogP contribution in [0, 0.1) is 16.2 Å². The highest BCUT2D eigenvalue weighted by Crippen LogP contribution is 2.48. The fraction of sp³-hybridized carbons (Fsp3) is 1.00. The first-order valence-corrected chi connectivity index (χ1v) is 8.22. The van der Waals surface area contributed by atoms with Crippen molar-refractivity contribution in [1.82, 2.24) is 0 Å². The van der Waals surface area contributed by atoms with Crippen molar-refractivity contribution in [2.24, 2.45) is 16.2 Å². The summed E-state index contributed by atoms with van der Waals surface area (Å²) in [4.78, 5) is 0. The summed E-state index contributed by atoms with van der Waals surface area (Å²) in [6.45, 7) is 19.3. The average Bonchev–Trinajstić information content (AvgIpc) is 2.38. The normalized spacial score (nSPS) is 14.0. The molecule has 0 rings (SSSR count). The summed E-state index contributed by atoms with van der Waals surface area (Å²) in [5.41, 5.74) is 1.59. The van der Waals surface area contributed by atoms with Gasteiger partial charge in [0.05, 0.1) is 0 Å². The first kappa shape index (κ1) is 18.0. The molecule has 0 aromatic carbocycles. The Hall–Kier alpha value is 0. The van der Waals surface area contributed by atoms with Crippen LogP contribution in [0.15, 0.2) is 0 Å². The minimum Gasteiger partial charge on any atom is -0.0649 e. The Morgan fingerprint density at radius 2 is 0.667 bits per heavy atom. The molecule has 0 heterocycles. The number of hydrogen-bond acceptors (Lipinski definition) is 0. The van der Waals surface area contributed by atoms with Crippen molar-refractivity contribution < 1.29 is 0 Å². The molecular weight excluding hydrogens is 216 g/mol. The van der Waals surface area contributed by atoms with Gasteiger partial charge in [0.25, 0.3) is 0 Å². The van der Waals surface area contributed by atoms with Crippen LogP contribution in [0.2, 0.25) is 0 Å². The monoisotopic (exact) mass is 254 g/mol. The Morgan fingerprint density at radius 1 is 0.444 bits per heavy atom. The summed E-state index contributed by atoms with van der Waals surface area (Å²) in [7, 11) is 0. The van der Waals surface area contributed by atoms with E-state index in [4.69, 9.17) is 0 Å². The predicted octanol–water partition coefficient (Wildman–Crippen LogP) is 6.84. The van der Waals surface area contributed by atoms with Crippen LogP contribution < -0.4 is 0 Å². The van der Waals surface area contributed by atoms with Gasteiger partial charge in [-0.2, -0.15) is 0 Å². The zero-order valence-corrected chi connectivity index (χ0v) is 14.4. The SMILES string of the molecule is CCC(C)(CC)CC(C)(CC)CC(C)(CC)CC. The molecule has 0 nitrogen and oxygen atoms in total. The molecule has 0 heteroatoms. The highest BCUT2D eigenvalue weighted by molar-refractivity contribution is 4.88. The molecule has 0 aliphatic heterocycles. The van der Waals surface area contributed by atoms with Gasteiger partial charge in [0.15, 0.2) is 0 Å². The molecule has 0 radical (unpaired) electrons. The first-order chi connectivity index (χ1) is 8.22. The van der Waals surface area contributed by atoms with E-state index in [0.29, 0.717) is 16.2 Å². The summed E-state index contributed by atoms with van der Waals surface area (Å²) in [6.07, 6.45) is 9.35. The van der Waals surface area contributed by atoms with E-state index in [1.54, 1.807) is 0 Å². The van der Waals surface area contributed by atoms with Crippen LogP contribution in [0.4, 0.5) is 0 Å². The molecular formula is C18H38. The Kier molecular flexibility index (Phi) is 6.96. The van der Waals surface area contributed by atoms with Gasteiger partial charge in [-0.25, -0.2) is 0 Å². The fourth-order valence-corrected chi connectivity index (χ4v) is 3.37. The van der Waals surface area contributed by atoms with Crippen molar-refractivity contribution in [3.63, 3.8) is 0 Å². The molecule has 0 saturated heterocycles. The summed E-state index contributed by atoms with van der Waals surface area (Å²) >= 11 is 0. The largest absolute Gasteiger partial charge is 0.0649 e. The average molecular weight is 255 g/mol. The molecule has 0 aliphatic rings. The molecule has 18 heavy (non-hydrogen) atoms. The quantitative estimate of drug-likeness (QED) is 0.423. The van der Waals surface area contributed by atoms with E-state index in [1.807, 2.05) is 0 Å². The van der Waals surface area contributed by atoms with E-state index in [9.17, 15) is 0 Å². The van der Waals surface area contributed by atoms with Crippen LogP contribution >= 0.6 is 0 Å². The smallest absolute Gasteiger partial charge is 0.0318 e. The summed E-state index contributed by atoms with van der Waals surface area (Å²) in [6, 6.07) is 0. The molecule has 0 bridgehead atoms. The van der Waals surface area contributed by atoms with Crippen molar-refractivity contribution in [3.8, 4) is 0 Å². The van der Waals surface area contributed by atoms with E-state index in [0.717, 1.165) is 0 Å². The molecule has 0 unspecified atom stereocenters. The van der Waals surface area contributed by atoms with Gasteiger partial charge in [-0.15, -0.1) is 0 Å². The van der Waals surface area contributed by atoms with Gasteiger partial charge in [-0.05, 0) is 29.1 Å². The highest BCUT2D eigenvalue weighted by Gasteiger charge is 2.36. The zero-order chi connectivity index (χ0) is 14.4. The number of rotatable bonds is 9. The molecule has 0 aliphatic carbocycles. The summed E-state index contributed by atoms with van der Waals surface area (Å²) in [5.74, 6) is 0. The topological polar surface area (TPSA) is 0 Å². The molecule has 0 saturated carbocycles. The molecule has 0 N–H and O–H groups in total. The van der Waals surface area contributed by atoms with Gasteiger partial charge in [0, 0.05) is 0 Å². The zero-order valence-electron chi connectivity index (χ0n) is 14.4. The molecule has 0 spiro atoms. The van der Waals surface area contributed by atoms with E-state index < -0.39 is 0 Å². The lowest BCUT2D eigenvalue weighted by Crippen LogP contribution is -2.32. The Balaban J connectivity index is 4.91. The van der Waals surface area contributed by atoms with Crippen LogP contribution in [0.1, 0.15) is 100 Å². The maximum absolute atomic E-state index is 2.53. The lowest BCUT2D eigenvalue weighted by atomic mass is 9.62. The lowest BCUT2D eigenvalue weighted by molar-refractivity contribution is 0.0769. The van der Waals surface area contributed by atoms with Crippen molar-refractivity contribution in [2.45, 2.75) is 100 Å². The van der Waals surface area contributed by atoms with Gasteiger partial charge in [0.2, 0.25) is 0 Å². The van der Waals surface area contributed by atoms with Crippen LogP contribution in [0.25, 0.3) is 0 Å². The van der Waals surface area contributed by atoms with E-state index in [1.165, 1.54) is 44.9 Å². The van der Waals surface area contributed by atoms with Crippen molar-refractivity contribution in [3.05, 3.63) is 0 Å². The van der Waals surface area contributed by atoms with E-state index in [2.05, 4.69) is 55.4 Å². The van der Waals surface area contributed by atoms with Crippen molar-refractivity contribution >= 4 is 0 Å². The van der Waals surface area contributed by atoms with Crippen molar-refractivity contribution in [2.75, 3.05) is 0 Å². The van der Waals surface area contributed by atoms with Gasteiger partial charge < -0.3 is 0 Å². The van der Waals surface area contributed by atoms with Gasteiger partial charge in [0.1, 0.15) is 0 Å². The van der Waals surface area contributed by atoms with Gasteiger partial charge in [-0.3, -0.25) is 0 Å². The van der Waals surface area contributed by atoms with E-state index >= 15 is 0 Å². The molecule has 0 atom stereocenters. The Labute approximate surface area is 117 Å². The standard InChI is InChI=1S/C18H38/c1-9-16(6,10-2)14-18(8,13-5)15-17(7,11-3)12-4/h9-15H2,1-8H3. The van der Waals surface area contributed by atoms with Crippen LogP contribution in [0.5, 0.6) is 0 Å². The molecule has 0 amide bonds. The third-order valence-electron chi connectivity index (χ3n) is 5.97. The minimum atomic E-state index is 0.515. The van der Waals surface area contributed by atoms with Crippen LogP contribution in [-0.2, 0) is 0 Å². The van der Waals surface area contributed by atoms with Gasteiger partial charge >= 0.3 is 0 Å². The minimum absolute atomic E-state index is 0.515. The maximum Gasteiger partial charge on any atom is -0.0318 e. The summed E-state index contributed by atoms with van der Waals surface area (Å²) < 4.78 is 0. The maximum atomic E-state index is 2.53. The second-order valence-electron chi connectivity index (χ2n) is 7.55. The molecule has 0 aromatic rings. The number of hydrogen-bond donors (Lipinski definition) is 0. The molecule has 0 fully saturated rings. The molecule has 0 aromatic heterocycles. The van der Waals surface area contributed by atoms with Crippen LogP contribution in [-0.4, -0.2) is 0 Å². The molecule has 110 valence electrons. The summed E-state index contributed by atoms with van der Waals surface area (Å²) in [5, 5.41) is 0. The highest BCUT2D eigenvalue weighted by atomic mass is 14.4. The second-order valence-corrected chi connectivity index (χ2v) is 7.55. The fourth-order valence-electron chi connectivity index (χ4n) is 3.37. The lowest BCUT2D eigenvalue weighted by Gasteiger charge is -2.43. The Morgan fingerprint density at radius 3 is 0.833 bits per heavy atom. The Bertz CT molecular complexity index is 198. The first-order valence-electron chi connectivity index (χ1n) is 8.22. The predicted molar refractivity (Wildman–Crippen MR) is 85.0 cm³/mol.